The molecule has 0 radical (unpaired) electrons. The van der Waals surface area contributed by atoms with E-state index in [4.69, 9.17) is 21.3 Å². The number of hydrogen-bond donors (Lipinski definition) is 0. The Balaban J connectivity index is 1.25. The van der Waals surface area contributed by atoms with E-state index in [1.54, 1.807) is 28.4 Å². The lowest BCUT2D eigenvalue weighted by Crippen LogP contribution is -2.54. The zero-order chi connectivity index (χ0) is 24.6. The molecule has 2 fully saturated rings. The molecule has 1 aromatic heterocycles. The molecule has 8 nitrogen and oxygen atoms in total. The lowest BCUT2D eigenvalue weighted by molar-refractivity contribution is -0.134. The molecule has 0 saturated carbocycles. The van der Waals surface area contributed by atoms with Gasteiger partial charge in [-0.15, -0.1) is 0 Å². The monoisotopic (exact) mass is 534 g/mol. The Kier molecular flexibility index (Phi) is 6.89. The van der Waals surface area contributed by atoms with E-state index in [2.05, 4.69) is 4.90 Å². The van der Waals surface area contributed by atoms with Crippen molar-refractivity contribution in [1.29, 1.82) is 0 Å². The first-order valence-electron chi connectivity index (χ1n) is 11.7. The maximum Gasteiger partial charge on any atom is 0.243 e. The van der Waals surface area contributed by atoms with Gasteiger partial charge in [0.15, 0.2) is 5.13 Å². The van der Waals surface area contributed by atoms with E-state index in [1.165, 1.54) is 16.4 Å². The Morgan fingerprint density at radius 2 is 1.86 bits per heavy atom. The van der Waals surface area contributed by atoms with Crippen LogP contribution in [0.2, 0.25) is 5.02 Å². The third kappa shape index (κ3) is 4.84. The van der Waals surface area contributed by atoms with E-state index in [-0.39, 0.29) is 10.8 Å². The minimum Gasteiger partial charge on any atom is -0.494 e. The van der Waals surface area contributed by atoms with Gasteiger partial charge in [-0.1, -0.05) is 22.9 Å². The van der Waals surface area contributed by atoms with Crippen LogP contribution in [0, 0.1) is 0 Å². The number of benzene rings is 2. The van der Waals surface area contributed by atoms with E-state index in [9.17, 15) is 13.2 Å². The topological polar surface area (TPSA) is 83.1 Å². The van der Waals surface area contributed by atoms with Crippen LogP contribution in [0.1, 0.15) is 19.8 Å². The lowest BCUT2D eigenvalue weighted by atomic mass is 10.2. The molecule has 1 unspecified atom stereocenters. The summed E-state index contributed by atoms with van der Waals surface area (Å²) in [6.07, 6.45) is 1.20. The van der Waals surface area contributed by atoms with Crippen LogP contribution in [0.3, 0.4) is 0 Å². The molecule has 5 rings (SSSR count). The van der Waals surface area contributed by atoms with Crippen molar-refractivity contribution in [1.82, 2.24) is 14.2 Å². The summed E-state index contributed by atoms with van der Waals surface area (Å²) in [5.41, 5.74) is 0.931. The van der Waals surface area contributed by atoms with Gasteiger partial charge in [-0.05, 0) is 62.2 Å². The second-order valence-electron chi connectivity index (χ2n) is 8.60. The number of ether oxygens (including phenoxy) is 1. The van der Waals surface area contributed by atoms with Crippen LogP contribution in [0.5, 0.6) is 5.75 Å². The average molecular weight is 535 g/mol. The molecule has 1 amide bonds. The van der Waals surface area contributed by atoms with Crippen LogP contribution >= 0.6 is 22.9 Å². The summed E-state index contributed by atoms with van der Waals surface area (Å²) in [6, 6.07) is 11.3. The van der Waals surface area contributed by atoms with Crippen molar-refractivity contribution in [3.05, 3.63) is 47.5 Å². The van der Waals surface area contributed by atoms with Gasteiger partial charge in [0.05, 0.1) is 21.7 Å². The number of piperazine rings is 1. The number of rotatable bonds is 6. The van der Waals surface area contributed by atoms with Crippen LogP contribution in [0.4, 0.5) is 5.13 Å². The first-order valence-corrected chi connectivity index (χ1v) is 14.3. The first-order chi connectivity index (χ1) is 16.9. The number of hydrogen-bond acceptors (Lipinski definition) is 7. The molecule has 186 valence electrons. The fourth-order valence-corrected chi connectivity index (χ4v) is 7.45. The Bertz CT molecular complexity index is 1320. The van der Waals surface area contributed by atoms with Crippen LogP contribution in [0.15, 0.2) is 47.4 Å². The molecular formula is C24H27ClN4O4S2. The molecule has 3 heterocycles. The van der Waals surface area contributed by atoms with Gasteiger partial charge in [0.2, 0.25) is 15.9 Å². The highest BCUT2D eigenvalue weighted by atomic mass is 35.5. The SMILES string of the molecule is CCOc1ccc2nc(N3CCN(C(=O)C4CCCN4S(=O)(=O)c4ccc(Cl)cc4)CC3)sc2c1. The predicted octanol–water partition coefficient (Wildman–Crippen LogP) is 3.85. The number of anilines is 1. The van der Waals surface area contributed by atoms with Crippen LogP contribution in [0.25, 0.3) is 10.2 Å². The smallest absolute Gasteiger partial charge is 0.243 e. The second-order valence-corrected chi connectivity index (χ2v) is 11.9. The minimum absolute atomic E-state index is 0.120. The van der Waals surface area contributed by atoms with Gasteiger partial charge < -0.3 is 14.5 Å². The number of aromatic nitrogens is 1. The molecule has 11 heteroatoms. The summed E-state index contributed by atoms with van der Waals surface area (Å²) in [6.45, 7) is 5.29. The molecule has 0 spiro atoms. The highest BCUT2D eigenvalue weighted by molar-refractivity contribution is 7.89. The van der Waals surface area contributed by atoms with E-state index >= 15 is 0 Å². The minimum atomic E-state index is -3.77. The maximum absolute atomic E-state index is 13.4. The molecule has 1 atom stereocenters. The van der Waals surface area contributed by atoms with Crippen molar-refractivity contribution in [2.75, 3.05) is 44.2 Å². The maximum atomic E-state index is 13.4. The Hall–Kier alpha value is -2.40. The molecule has 2 saturated heterocycles. The van der Waals surface area contributed by atoms with Crippen molar-refractivity contribution in [2.45, 2.75) is 30.7 Å². The van der Waals surface area contributed by atoms with E-state index < -0.39 is 16.1 Å². The molecule has 35 heavy (non-hydrogen) atoms. The van der Waals surface area contributed by atoms with Crippen LogP contribution in [-0.4, -0.2) is 73.9 Å². The van der Waals surface area contributed by atoms with Crippen molar-refractivity contribution >= 4 is 54.2 Å². The molecule has 3 aromatic rings. The van der Waals surface area contributed by atoms with E-state index in [0.29, 0.717) is 57.2 Å². The quantitative estimate of drug-likeness (QED) is 0.478. The number of sulfonamides is 1. The molecular weight excluding hydrogens is 508 g/mol. The van der Waals surface area contributed by atoms with Gasteiger partial charge in [-0.2, -0.15) is 4.31 Å². The summed E-state index contributed by atoms with van der Waals surface area (Å²) in [5, 5.41) is 1.40. The zero-order valence-corrected chi connectivity index (χ0v) is 21.8. The average Bonchev–Trinajstić information content (AvgIpc) is 3.52. The Labute approximate surface area is 214 Å². The van der Waals surface area contributed by atoms with Crippen molar-refractivity contribution < 1.29 is 17.9 Å². The van der Waals surface area contributed by atoms with Gasteiger partial charge in [0, 0.05) is 37.7 Å². The Morgan fingerprint density at radius 3 is 2.57 bits per heavy atom. The summed E-state index contributed by atoms with van der Waals surface area (Å²) in [5.74, 6) is 0.714. The highest BCUT2D eigenvalue weighted by Crippen LogP contribution is 2.33. The summed E-state index contributed by atoms with van der Waals surface area (Å²) < 4.78 is 34.5. The predicted molar refractivity (Wildman–Crippen MR) is 138 cm³/mol. The third-order valence-corrected chi connectivity index (χ3v) is 9.68. The van der Waals surface area contributed by atoms with E-state index in [0.717, 1.165) is 21.1 Å². The molecule has 0 aliphatic carbocycles. The van der Waals surface area contributed by atoms with Crippen LogP contribution in [-0.2, 0) is 14.8 Å². The summed E-state index contributed by atoms with van der Waals surface area (Å²) in [7, 11) is -3.77. The Morgan fingerprint density at radius 1 is 1.11 bits per heavy atom. The largest absolute Gasteiger partial charge is 0.494 e. The van der Waals surface area contributed by atoms with E-state index in [1.807, 2.05) is 25.1 Å². The summed E-state index contributed by atoms with van der Waals surface area (Å²) >= 11 is 7.53. The van der Waals surface area contributed by atoms with Gasteiger partial charge in [0.1, 0.15) is 11.8 Å². The number of fused-ring (bicyclic) bond motifs is 1. The number of nitrogens with zero attached hydrogens (tertiary/aromatic N) is 4. The van der Waals surface area contributed by atoms with Crippen molar-refractivity contribution in [2.24, 2.45) is 0 Å². The fourth-order valence-electron chi connectivity index (χ4n) is 4.63. The van der Waals surface area contributed by atoms with Crippen molar-refractivity contribution in [3.8, 4) is 5.75 Å². The standard InChI is InChI=1S/C24H27ClN4O4S2/c1-2-33-18-7-10-20-22(16-18)34-24(26-20)28-14-12-27(13-15-28)23(30)21-4-3-11-29(21)35(31,32)19-8-5-17(25)6-9-19/h5-10,16,21H,2-4,11-15H2,1H3. The number of carbonyl (C=O) groups is 1. The lowest BCUT2D eigenvalue weighted by Gasteiger charge is -2.37. The normalized spacial score (nSPS) is 19.4. The number of thiazole rings is 1. The van der Waals surface area contributed by atoms with Gasteiger partial charge >= 0.3 is 0 Å². The highest BCUT2D eigenvalue weighted by Gasteiger charge is 2.41. The van der Waals surface area contributed by atoms with Gasteiger partial charge in [0.25, 0.3) is 0 Å². The molecule has 2 aromatic carbocycles. The summed E-state index contributed by atoms with van der Waals surface area (Å²) in [4.78, 5) is 22.3. The molecule has 2 aliphatic rings. The second kappa shape index (κ2) is 9.93. The first kappa shape index (κ1) is 24.3. The third-order valence-electron chi connectivity index (χ3n) is 6.43. The molecule has 2 aliphatic heterocycles. The zero-order valence-electron chi connectivity index (χ0n) is 19.4. The molecule has 0 N–H and O–H groups in total. The van der Waals surface area contributed by atoms with Gasteiger partial charge in [-0.25, -0.2) is 13.4 Å². The van der Waals surface area contributed by atoms with Gasteiger partial charge in [-0.3, -0.25) is 4.79 Å². The number of amides is 1. The number of carbonyl (C=O) groups excluding carboxylic acids is 1. The number of halogens is 1. The van der Waals surface area contributed by atoms with Crippen molar-refractivity contribution in [3.63, 3.8) is 0 Å². The van der Waals surface area contributed by atoms with Crippen LogP contribution < -0.4 is 9.64 Å². The fraction of sp³-hybridized carbons (Fsp3) is 0.417. The molecule has 0 bridgehead atoms.